The lowest BCUT2D eigenvalue weighted by atomic mass is 10.4. The van der Waals surface area contributed by atoms with Gasteiger partial charge in [-0.3, -0.25) is 4.90 Å². The molecular formula is C12H13BrN4. The van der Waals surface area contributed by atoms with E-state index in [1.807, 2.05) is 35.9 Å². The molecule has 17 heavy (non-hydrogen) atoms. The van der Waals surface area contributed by atoms with Gasteiger partial charge in [-0.1, -0.05) is 6.92 Å². The molecule has 0 radical (unpaired) electrons. The van der Waals surface area contributed by atoms with E-state index in [1.165, 1.54) is 0 Å². The maximum Gasteiger partial charge on any atom is 0.137 e. The molecule has 0 N–H and O–H groups in total. The molecule has 88 valence electrons. The van der Waals surface area contributed by atoms with Gasteiger partial charge in [-0.2, -0.15) is 5.26 Å². The van der Waals surface area contributed by atoms with Crippen molar-refractivity contribution in [2.45, 2.75) is 13.5 Å². The molecule has 2 rings (SSSR count). The Balaban J connectivity index is 2.22. The summed E-state index contributed by atoms with van der Waals surface area (Å²) in [5.74, 6) is 0. The molecule has 0 aliphatic rings. The minimum atomic E-state index is 0.439. The number of hydrogen-bond donors (Lipinski definition) is 0. The van der Waals surface area contributed by atoms with Crippen LogP contribution in [-0.2, 0) is 6.54 Å². The predicted molar refractivity (Wildman–Crippen MR) is 69.5 cm³/mol. The first-order valence-electron chi connectivity index (χ1n) is 5.45. The molecule has 0 aromatic carbocycles. The van der Waals surface area contributed by atoms with Gasteiger partial charge >= 0.3 is 0 Å². The smallest absolute Gasteiger partial charge is 0.137 e. The van der Waals surface area contributed by atoms with Crippen molar-refractivity contribution in [2.24, 2.45) is 0 Å². The normalized spacial score (nSPS) is 10.9. The summed E-state index contributed by atoms with van der Waals surface area (Å²) in [6, 6.07) is 6.10. The quantitative estimate of drug-likeness (QED) is 0.813. The molecule has 2 aromatic heterocycles. The van der Waals surface area contributed by atoms with E-state index in [2.05, 4.69) is 31.9 Å². The summed E-state index contributed by atoms with van der Waals surface area (Å²) in [5.41, 5.74) is 1.91. The number of nitriles is 1. The van der Waals surface area contributed by atoms with Crippen molar-refractivity contribution in [1.29, 1.82) is 5.26 Å². The van der Waals surface area contributed by atoms with Gasteiger partial charge in [0.1, 0.15) is 5.65 Å². The summed E-state index contributed by atoms with van der Waals surface area (Å²) in [4.78, 5) is 6.57. The minimum absolute atomic E-state index is 0.439. The van der Waals surface area contributed by atoms with Crippen LogP contribution in [0.4, 0.5) is 0 Å². The van der Waals surface area contributed by atoms with Crippen molar-refractivity contribution in [3.05, 3.63) is 34.7 Å². The fraction of sp³-hybridized carbons (Fsp3) is 0.333. The summed E-state index contributed by atoms with van der Waals surface area (Å²) in [6.07, 6.45) is 3.98. The molecule has 2 aromatic rings. The van der Waals surface area contributed by atoms with Gasteiger partial charge in [-0.25, -0.2) is 4.98 Å². The number of imidazole rings is 1. The Kier molecular flexibility index (Phi) is 3.77. The first-order chi connectivity index (χ1) is 8.22. The third kappa shape index (κ3) is 2.84. The van der Waals surface area contributed by atoms with Gasteiger partial charge in [-0.15, -0.1) is 0 Å². The summed E-state index contributed by atoms with van der Waals surface area (Å²) < 4.78 is 3.01. The number of halogens is 1. The summed E-state index contributed by atoms with van der Waals surface area (Å²) in [6.45, 7) is 4.05. The van der Waals surface area contributed by atoms with Crippen LogP contribution in [0.15, 0.2) is 29.0 Å². The molecule has 0 saturated carbocycles. The van der Waals surface area contributed by atoms with Crippen LogP contribution in [0.1, 0.15) is 12.6 Å². The third-order valence-corrected chi connectivity index (χ3v) is 3.06. The number of rotatable bonds is 4. The topological polar surface area (TPSA) is 44.3 Å². The van der Waals surface area contributed by atoms with Gasteiger partial charge in [0.05, 0.1) is 18.3 Å². The first kappa shape index (κ1) is 12.1. The second-order valence-corrected chi connectivity index (χ2v) is 4.72. The molecule has 0 bridgehead atoms. The minimum Gasteiger partial charge on any atom is -0.306 e. The van der Waals surface area contributed by atoms with Gasteiger partial charge in [0.15, 0.2) is 0 Å². The summed E-state index contributed by atoms with van der Waals surface area (Å²) in [5, 5.41) is 8.70. The predicted octanol–water partition coefficient (Wildman–Crippen LogP) is 2.44. The standard InChI is InChI=1S/C12H13BrN4/c1-2-16(6-5-14)8-11-9-17-7-10(13)3-4-12(17)15-11/h3-4,7,9H,2,6,8H2,1H3. The van der Waals surface area contributed by atoms with Crippen LogP contribution < -0.4 is 0 Å². The lowest BCUT2D eigenvalue weighted by molar-refractivity contribution is 0.311. The zero-order chi connectivity index (χ0) is 12.3. The largest absolute Gasteiger partial charge is 0.306 e. The van der Waals surface area contributed by atoms with Crippen LogP contribution in [0.5, 0.6) is 0 Å². The molecule has 5 heteroatoms. The number of hydrogen-bond acceptors (Lipinski definition) is 3. The van der Waals surface area contributed by atoms with Crippen molar-refractivity contribution in [3.63, 3.8) is 0 Å². The Hall–Kier alpha value is -1.38. The van der Waals surface area contributed by atoms with Gasteiger partial charge in [0.2, 0.25) is 0 Å². The van der Waals surface area contributed by atoms with Crippen LogP contribution in [0.2, 0.25) is 0 Å². The van der Waals surface area contributed by atoms with Gasteiger partial charge in [-0.05, 0) is 34.6 Å². The zero-order valence-electron chi connectivity index (χ0n) is 9.60. The Labute approximate surface area is 109 Å². The van der Waals surface area contributed by atoms with Gasteiger partial charge in [0.25, 0.3) is 0 Å². The second kappa shape index (κ2) is 5.30. The fourth-order valence-corrected chi connectivity index (χ4v) is 2.05. The maximum atomic E-state index is 8.70. The highest BCUT2D eigenvalue weighted by Crippen LogP contribution is 2.13. The van der Waals surface area contributed by atoms with Crippen molar-refractivity contribution < 1.29 is 0 Å². The fourth-order valence-electron chi connectivity index (χ4n) is 1.70. The van der Waals surface area contributed by atoms with Crippen LogP contribution >= 0.6 is 15.9 Å². The molecule has 0 spiro atoms. The lowest BCUT2D eigenvalue weighted by Crippen LogP contribution is -2.23. The number of nitrogens with zero attached hydrogens (tertiary/aromatic N) is 4. The van der Waals surface area contributed by atoms with E-state index < -0.39 is 0 Å². The molecule has 0 amide bonds. The molecule has 0 atom stereocenters. The molecular weight excluding hydrogens is 280 g/mol. The summed E-state index contributed by atoms with van der Waals surface area (Å²) >= 11 is 3.43. The Bertz CT molecular complexity index is 555. The van der Waals surface area contributed by atoms with Crippen LogP contribution in [0.3, 0.4) is 0 Å². The SMILES string of the molecule is CCN(CC#N)Cc1cn2cc(Br)ccc2n1. The van der Waals surface area contributed by atoms with Crippen LogP contribution in [0, 0.1) is 11.3 Å². The first-order valence-corrected chi connectivity index (χ1v) is 6.24. The molecule has 0 saturated heterocycles. The van der Waals surface area contributed by atoms with Gasteiger partial charge in [0, 0.05) is 23.4 Å². The van der Waals surface area contributed by atoms with E-state index in [0.29, 0.717) is 13.1 Å². The van der Waals surface area contributed by atoms with Crippen molar-refractivity contribution >= 4 is 21.6 Å². The highest BCUT2D eigenvalue weighted by Gasteiger charge is 2.06. The highest BCUT2D eigenvalue weighted by atomic mass is 79.9. The number of aromatic nitrogens is 2. The second-order valence-electron chi connectivity index (χ2n) is 3.81. The molecule has 4 nitrogen and oxygen atoms in total. The third-order valence-electron chi connectivity index (χ3n) is 2.59. The number of fused-ring (bicyclic) bond motifs is 1. The van der Waals surface area contributed by atoms with Crippen molar-refractivity contribution in [2.75, 3.05) is 13.1 Å². The zero-order valence-corrected chi connectivity index (χ0v) is 11.2. The van der Waals surface area contributed by atoms with E-state index in [0.717, 1.165) is 22.4 Å². The van der Waals surface area contributed by atoms with E-state index >= 15 is 0 Å². The Morgan fingerprint density at radius 2 is 2.29 bits per heavy atom. The average molecular weight is 293 g/mol. The monoisotopic (exact) mass is 292 g/mol. The molecule has 0 aliphatic carbocycles. The van der Waals surface area contributed by atoms with Crippen LogP contribution in [0.25, 0.3) is 5.65 Å². The highest BCUT2D eigenvalue weighted by molar-refractivity contribution is 9.10. The molecule has 0 fully saturated rings. The van der Waals surface area contributed by atoms with E-state index in [9.17, 15) is 0 Å². The van der Waals surface area contributed by atoms with E-state index in [1.54, 1.807) is 0 Å². The number of pyridine rings is 1. The maximum absolute atomic E-state index is 8.70. The lowest BCUT2D eigenvalue weighted by Gasteiger charge is -2.14. The average Bonchev–Trinajstić information content (AvgIpc) is 2.69. The summed E-state index contributed by atoms with van der Waals surface area (Å²) in [7, 11) is 0. The van der Waals surface area contributed by atoms with Crippen molar-refractivity contribution in [1.82, 2.24) is 14.3 Å². The van der Waals surface area contributed by atoms with Crippen LogP contribution in [-0.4, -0.2) is 27.4 Å². The molecule has 0 aliphatic heterocycles. The Morgan fingerprint density at radius 3 is 3.00 bits per heavy atom. The van der Waals surface area contributed by atoms with Gasteiger partial charge < -0.3 is 4.40 Å². The van der Waals surface area contributed by atoms with E-state index in [-0.39, 0.29) is 0 Å². The molecule has 0 unspecified atom stereocenters. The Morgan fingerprint density at radius 1 is 1.47 bits per heavy atom. The van der Waals surface area contributed by atoms with E-state index in [4.69, 9.17) is 5.26 Å². The molecule has 2 heterocycles. The van der Waals surface area contributed by atoms with Crippen molar-refractivity contribution in [3.8, 4) is 6.07 Å².